The van der Waals surface area contributed by atoms with Gasteiger partial charge in [0.15, 0.2) is 5.78 Å². The molecule has 0 spiro atoms. The molecule has 7 heteroatoms. The van der Waals surface area contributed by atoms with Crippen LogP contribution in [0.1, 0.15) is 33.3 Å². The molecule has 0 aliphatic carbocycles. The van der Waals surface area contributed by atoms with E-state index < -0.39 is 0 Å². The van der Waals surface area contributed by atoms with Gasteiger partial charge in [0, 0.05) is 24.0 Å². The zero-order valence-electron chi connectivity index (χ0n) is 16.3. The Morgan fingerprint density at radius 1 is 1.07 bits per heavy atom. The van der Waals surface area contributed by atoms with Crippen LogP contribution in [0.25, 0.3) is 0 Å². The summed E-state index contributed by atoms with van der Waals surface area (Å²) in [5.41, 5.74) is 2.70. The summed E-state index contributed by atoms with van der Waals surface area (Å²) in [6.07, 6.45) is 2.21. The lowest BCUT2D eigenvalue weighted by Gasteiger charge is -2.08. The lowest BCUT2D eigenvalue weighted by molar-refractivity contribution is 0.0948. The van der Waals surface area contributed by atoms with Gasteiger partial charge in [0.05, 0.1) is 7.11 Å². The number of nitrogens with zero attached hydrogens (tertiary/aromatic N) is 2. The number of hydrogen-bond donors (Lipinski definition) is 2. The molecule has 3 rings (SSSR count). The van der Waals surface area contributed by atoms with E-state index in [1.807, 2.05) is 24.3 Å². The van der Waals surface area contributed by atoms with Gasteiger partial charge in [-0.3, -0.25) is 9.59 Å². The quantitative estimate of drug-likeness (QED) is 0.573. The number of Topliss-reactive ketones (excluding diaryl/α,β-unsaturated/α-hetero) is 1. The fraction of sp³-hybridized carbons (Fsp3) is 0.182. The number of hydrogen-bond acceptors (Lipinski definition) is 6. The summed E-state index contributed by atoms with van der Waals surface area (Å²) in [5, 5.41) is 5.89. The molecule has 2 N–H and O–H groups in total. The highest BCUT2D eigenvalue weighted by Crippen LogP contribution is 2.15. The van der Waals surface area contributed by atoms with Crippen LogP contribution in [0.2, 0.25) is 0 Å². The standard InChI is InChI=1S/C22H22N4O3/c1-15(27)17-6-8-18(9-7-17)25-22-24-13-11-20(26-22)21(28)23-12-10-16-4-3-5-19(14-16)29-2/h3-9,11,13-14H,10,12H2,1-2H3,(H,23,28)(H,24,25,26). The van der Waals surface area contributed by atoms with Gasteiger partial charge in [0.2, 0.25) is 5.95 Å². The predicted octanol–water partition coefficient (Wildman–Crippen LogP) is 3.40. The minimum atomic E-state index is -0.273. The number of ketones is 1. The predicted molar refractivity (Wildman–Crippen MR) is 111 cm³/mol. The van der Waals surface area contributed by atoms with E-state index in [-0.39, 0.29) is 17.4 Å². The van der Waals surface area contributed by atoms with Crippen LogP contribution in [0.5, 0.6) is 5.75 Å². The highest BCUT2D eigenvalue weighted by atomic mass is 16.5. The average molecular weight is 390 g/mol. The molecule has 29 heavy (non-hydrogen) atoms. The lowest BCUT2D eigenvalue weighted by Crippen LogP contribution is -2.26. The first kappa shape index (κ1) is 20.0. The van der Waals surface area contributed by atoms with Crippen molar-refractivity contribution < 1.29 is 14.3 Å². The number of benzene rings is 2. The van der Waals surface area contributed by atoms with Crippen LogP contribution >= 0.6 is 0 Å². The molecule has 0 bridgehead atoms. The molecule has 1 amide bonds. The Balaban J connectivity index is 1.57. The maximum Gasteiger partial charge on any atom is 0.270 e. The minimum Gasteiger partial charge on any atom is -0.497 e. The molecule has 0 radical (unpaired) electrons. The van der Waals surface area contributed by atoms with Crippen molar-refractivity contribution in [3.05, 3.63) is 77.6 Å². The molecule has 1 aromatic heterocycles. The molecule has 0 saturated heterocycles. The molecule has 0 atom stereocenters. The van der Waals surface area contributed by atoms with Crippen molar-refractivity contribution >= 4 is 23.3 Å². The summed E-state index contributed by atoms with van der Waals surface area (Å²) in [7, 11) is 1.62. The number of ether oxygens (including phenoxy) is 1. The monoisotopic (exact) mass is 390 g/mol. The van der Waals surface area contributed by atoms with Crippen molar-refractivity contribution in [1.82, 2.24) is 15.3 Å². The Kier molecular flexibility index (Phi) is 6.52. The maximum atomic E-state index is 12.4. The van der Waals surface area contributed by atoms with Crippen LogP contribution < -0.4 is 15.4 Å². The van der Waals surface area contributed by atoms with Gasteiger partial charge in [-0.2, -0.15) is 0 Å². The topological polar surface area (TPSA) is 93.2 Å². The average Bonchev–Trinajstić information content (AvgIpc) is 2.74. The first-order valence-electron chi connectivity index (χ1n) is 9.17. The molecule has 7 nitrogen and oxygen atoms in total. The number of amides is 1. The first-order chi connectivity index (χ1) is 14.0. The van der Waals surface area contributed by atoms with Gasteiger partial charge < -0.3 is 15.4 Å². The molecule has 148 valence electrons. The second kappa shape index (κ2) is 9.45. The molecule has 2 aromatic carbocycles. The van der Waals surface area contributed by atoms with Crippen molar-refractivity contribution in [3.8, 4) is 5.75 Å². The number of aromatic nitrogens is 2. The van der Waals surface area contributed by atoms with Crippen molar-refractivity contribution in [1.29, 1.82) is 0 Å². The van der Waals surface area contributed by atoms with E-state index in [2.05, 4.69) is 20.6 Å². The van der Waals surface area contributed by atoms with Crippen molar-refractivity contribution in [3.63, 3.8) is 0 Å². The van der Waals surface area contributed by atoms with E-state index in [0.29, 0.717) is 24.5 Å². The third kappa shape index (κ3) is 5.62. The summed E-state index contributed by atoms with van der Waals surface area (Å²) in [5.74, 6) is 0.823. The van der Waals surface area contributed by atoms with Gasteiger partial charge in [0.1, 0.15) is 11.4 Å². The zero-order valence-corrected chi connectivity index (χ0v) is 16.3. The van der Waals surface area contributed by atoms with E-state index >= 15 is 0 Å². The number of rotatable bonds is 8. The van der Waals surface area contributed by atoms with Gasteiger partial charge in [-0.1, -0.05) is 12.1 Å². The smallest absolute Gasteiger partial charge is 0.270 e. The van der Waals surface area contributed by atoms with Gasteiger partial charge in [-0.15, -0.1) is 0 Å². The Morgan fingerprint density at radius 2 is 1.86 bits per heavy atom. The van der Waals surface area contributed by atoms with Gasteiger partial charge >= 0.3 is 0 Å². The largest absolute Gasteiger partial charge is 0.497 e. The fourth-order valence-electron chi connectivity index (χ4n) is 2.70. The van der Waals surface area contributed by atoms with E-state index in [1.165, 1.54) is 13.1 Å². The maximum absolute atomic E-state index is 12.4. The molecule has 3 aromatic rings. The Bertz CT molecular complexity index is 1000. The molecule has 0 fully saturated rings. The Labute approximate surface area is 169 Å². The molecule has 0 aliphatic heterocycles. The highest BCUT2D eigenvalue weighted by Gasteiger charge is 2.09. The SMILES string of the molecule is COc1cccc(CCNC(=O)c2ccnc(Nc3ccc(C(C)=O)cc3)n2)c1. The molecule has 0 saturated carbocycles. The van der Waals surface area contributed by atoms with Gasteiger partial charge in [0.25, 0.3) is 5.91 Å². The van der Waals surface area contributed by atoms with E-state index in [4.69, 9.17) is 4.74 Å². The Morgan fingerprint density at radius 3 is 2.59 bits per heavy atom. The number of nitrogens with one attached hydrogen (secondary N) is 2. The van der Waals surface area contributed by atoms with Crippen LogP contribution in [0, 0.1) is 0 Å². The molecule has 0 aliphatic rings. The van der Waals surface area contributed by atoms with E-state index in [0.717, 1.165) is 17.0 Å². The van der Waals surface area contributed by atoms with Crippen LogP contribution in [0.4, 0.5) is 11.6 Å². The molecular weight excluding hydrogens is 368 g/mol. The second-order valence-corrected chi connectivity index (χ2v) is 6.38. The number of carbonyl (C=O) groups excluding carboxylic acids is 2. The first-order valence-corrected chi connectivity index (χ1v) is 9.17. The zero-order chi connectivity index (χ0) is 20.6. The van der Waals surface area contributed by atoms with Crippen LogP contribution in [-0.4, -0.2) is 35.3 Å². The van der Waals surface area contributed by atoms with E-state index in [1.54, 1.807) is 37.4 Å². The van der Waals surface area contributed by atoms with Crippen LogP contribution in [-0.2, 0) is 6.42 Å². The number of anilines is 2. The third-order valence-corrected chi connectivity index (χ3v) is 4.27. The second-order valence-electron chi connectivity index (χ2n) is 6.38. The summed E-state index contributed by atoms with van der Waals surface area (Å²) >= 11 is 0. The van der Waals surface area contributed by atoms with Crippen molar-refractivity contribution in [2.75, 3.05) is 19.0 Å². The molecule has 0 unspecified atom stereocenters. The summed E-state index contributed by atoms with van der Waals surface area (Å²) in [4.78, 5) is 32.1. The van der Waals surface area contributed by atoms with Crippen molar-refractivity contribution in [2.24, 2.45) is 0 Å². The highest BCUT2D eigenvalue weighted by molar-refractivity contribution is 5.94. The van der Waals surface area contributed by atoms with Gasteiger partial charge in [-0.05, 0) is 61.4 Å². The molecule has 1 heterocycles. The normalized spacial score (nSPS) is 10.3. The fourth-order valence-corrected chi connectivity index (χ4v) is 2.70. The lowest BCUT2D eigenvalue weighted by atomic mass is 10.1. The number of carbonyl (C=O) groups is 2. The van der Waals surface area contributed by atoms with Crippen molar-refractivity contribution in [2.45, 2.75) is 13.3 Å². The van der Waals surface area contributed by atoms with Crippen LogP contribution in [0.15, 0.2) is 60.8 Å². The van der Waals surface area contributed by atoms with Crippen LogP contribution in [0.3, 0.4) is 0 Å². The molecular formula is C22H22N4O3. The summed E-state index contributed by atoms with van der Waals surface area (Å²) in [6.45, 7) is 1.99. The Hall–Kier alpha value is -3.74. The third-order valence-electron chi connectivity index (χ3n) is 4.27. The number of methoxy groups -OCH3 is 1. The van der Waals surface area contributed by atoms with Gasteiger partial charge in [-0.25, -0.2) is 9.97 Å². The summed E-state index contributed by atoms with van der Waals surface area (Å²) < 4.78 is 5.20. The summed E-state index contributed by atoms with van der Waals surface area (Å²) in [6, 6.07) is 16.3. The van der Waals surface area contributed by atoms with E-state index in [9.17, 15) is 9.59 Å². The minimum absolute atomic E-state index is 0.000384.